The number of halogens is 5. The standard InChI is InChI=1S/C25H24BrClF3N/c1-24(16-9-17-26,18-19-10-8-15-22(23(19)27)25(28,29)30)31(20-11-4-2-5-12-20)21-13-6-3-7-14-21/h2-8,10-15H,9,16-18H2,1H3. The fourth-order valence-electron chi connectivity index (χ4n) is 4.00. The molecular formula is C25H24BrClF3N. The predicted molar refractivity (Wildman–Crippen MR) is 127 cm³/mol. The van der Waals surface area contributed by atoms with Gasteiger partial charge in [-0.15, -0.1) is 0 Å². The molecular weight excluding hydrogens is 487 g/mol. The van der Waals surface area contributed by atoms with Crippen LogP contribution < -0.4 is 4.90 Å². The molecule has 0 aliphatic rings. The molecule has 3 aromatic rings. The number of nitrogens with zero attached hydrogens (tertiary/aromatic N) is 1. The van der Waals surface area contributed by atoms with Gasteiger partial charge in [0.05, 0.1) is 10.6 Å². The summed E-state index contributed by atoms with van der Waals surface area (Å²) in [5.41, 5.74) is 1.15. The Hall–Kier alpha value is -1.98. The molecule has 0 aromatic heterocycles. The highest BCUT2D eigenvalue weighted by molar-refractivity contribution is 9.09. The van der Waals surface area contributed by atoms with Crippen LogP contribution in [0.5, 0.6) is 0 Å². The normalized spacial score (nSPS) is 13.6. The van der Waals surface area contributed by atoms with Crippen LogP contribution >= 0.6 is 27.5 Å². The van der Waals surface area contributed by atoms with Crippen molar-refractivity contribution in [3.05, 3.63) is 95.0 Å². The average Bonchev–Trinajstić information content (AvgIpc) is 2.75. The van der Waals surface area contributed by atoms with Crippen molar-refractivity contribution in [1.82, 2.24) is 0 Å². The number of hydrogen-bond acceptors (Lipinski definition) is 1. The summed E-state index contributed by atoms with van der Waals surface area (Å²) in [4.78, 5) is 2.21. The lowest BCUT2D eigenvalue weighted by molar-refractivity contribution is -0.137. The molecule has 0 radical (unpaired) electrons. The van der Waals surface area contributed by atoms with Gasteiger partial charge in [-0.1, -0.05) is 76.1 Å². The molecule has 0 spiro atoms. The fraction of sp³-hybridized carbons (Fsp3) is 0.280. The van der Waals surface area contributed by atoms with E-state index in [2.05, 4.69) is 27.8 Å². The van der Waals surface area contributed by atoms with Crippen molar-refractivity contribution < 1.29 is 13.2 Å². The molecule has 1 unspecified atom stereocenters. The second-order valence-corrected chi connectivity index (χ2v) is 8.92. The van der Waals surface area contributed by atoms with Crippen molar-refractivity contribution in [3.63, 3.8) is 0 Å². The van der Waals surface area contributed by atoms with Gasteiger partial charge in [0.15, 0.2) is 0 Å². The zero-order valence-electron chi connectivity index (χ0n) is 17.2. The third kappa shape index (κ3) is 5.64. The van der Waals surface area contributed by atoms with Crippen molar-refractivity contribution in [2.75, 3.05) is 10.2 Å². The molecule has 1 nitrogen and oxygen atoms in total. The Balaban J connectivity index is 2.12. The van der Waals surface area contributed by atoms with E-state index in [1.54, 1.807) is 6.07 Å². The minimum Gasteiger partial charge on any atom is -0.335 e. The van der Waals surface area contributed by atoms with E-state index in [9.17, 15) is 13.2 Å². The molecule has 0 N–H and O–H groups in total. The first-order valence-corrected chi connectivity index (χ1v) is 11.6. The second-order valence-electron chi connectivity index (χ2n) is 7.75. The summed E-state index contributed by atoms with van der Waals surface area (Å²) in [7, 11) is 0. The molecule has 31 heavy (non-hydrogen) atoms. The predicted octanol–water partition coefficient (Wildman–Crippen LogP) is 8.67. The molecule has 3 aromatic carbocycles. The molecule has 3 rings (SSSR count). The van der Waals surface area contributed by atoms with Crippen LogP contribution in [-0.4, -0.2) is 10.9 Å². The Morgan fingerprint density at radius 3 is 1.87 bits per heavy atom. The summed E-state index contributed by atoms with van der Waals surface area (Å²) in [5, 5.41) is 0.581. The number of benzene rings is 3. The van der Waals surface area contributed by atoms with Gasteiger partial charge in [-0.05, 0) is 62.1 Å². The quantitative estimate of drug-likeness (QED) is 0.274. The van der Waals surface area contributed by atoms with Crippen molar-refractivity contribution in [1.29, 1.82) is 0 Å². The summed E-state index contributed by atoms with van der Waals surface area (Å²) < 4.78 is 40.4. The number of hydrogen-bond donors (Lipinski definition) is 0. The maximum Gasteiger partial charge on any atom is 0.417 e. The van der Waals surface area contributed by atoms with Gasteiger partial charge in [0.2, 0.25) is 0 Å². The molecule has 0 aliphatic heterocycles. The van der Waals surface area contributed by atoms with Crippen molar-refractivity contribution in [3.8, 4) is 0 Å². The zero-order valence-corrected chi connectivity index (χ0v) is 19.5. The molecule has 0 heterocycles. The lowest BCUT2D eigenvalue weighted by Crippen LogP contribution is -2.45. The van der Waals surface area contributed by atoms with Crippen LogP contribution in [0.2, 0.25) is 5.02 Å². The molecule has 0 saturated heterocycles. The second kappa shape index (κ2) is 10.1. The van der Waals surface area contributed by atoms with Crippen LogP contribution in [0, 0.1) is 0 Å². The van der Waals surface area contributed by atoms with Gasteiger partial charge >= 0.3 is 6.18 Å². The Morgan fingerprint density at radius 1 is 0.839 bits per heavy atom. The highest BCUT2D eigenvalue weighted by Gasteiger charge is 2.37. The summed E-state index contributed by atoms with van der Waals surface area (Å²) in [5.74, 6) is 0. The number of alkyl halides is 4. The first kappa shape index (κ1) is 23.7. The van der Waals surface area contributed by atoms with Crippen LogP contribution in [0.4, 0.5) is 24.5 Å². The highest BCUT2D eigenvalue weighted by Crippen LogP contribution is 2.41. The van der Waals surface area contributed by atoms with Gasteiger partial charge in [-0.25, -0.2) is 0 Å². The van der Waals surface area contributed by atoms with Gasteiger partial charge in [0.1, 0.15) is 0 Å². The van der Waals surface area contributed by atoms with Gasteiger partial charge in [0, 0.05) is 22.2 Å². The van der Waals surface area contributed by atoms with Crippen molar-refractivity contribution in [2.24, 2.45) is 0 Å². The Labute approximate surface area is 195 Å². The van der Waals surface area contributed by atoms with Crippen molar-refractivity contribution in [2.45, 2.75) is 37.9 Å². The zero-order chi connectivity index (χ0) is 22.5. The monoisotopic (exact) mass is 509 g/mol. The molecule has 0 amide bonds. The van der Waals surface area contributed by atoms with Crippen LogP contribution in [0.1, 0.15) is 30.9 Å². The maximum absolute atomic E-state index is 13.5. The smallest absolute Gasteiger partial charge is 0.335 e. The summed E-state index contributed by atoms with van der Waals surface area (Å²) >= 11 is 9.79. The molecule has 1 atom stereocenters. The minimum atomic E-state index is -4.49. The SMILES string of the molecule is CC(CCCBr)(Cc1cccc(C(F)(F)F)c1Cl)N(c1ccccc1)c1ccccc1. The third-order valence-electron chi connectivity index (χ3n) is 5.37. The molecule has 164 valence electrons. The van der Waals surface area contributed by atoms with E-state index in [0.717, 1.165) is 35.6 Å². The Bertz CT molecular complexity index is 940. The van der Waals surface area contributed by atoms with Gasteiger partial charge in [-0.2, -0.15) is 13.2 Å². The fourth-order valence-corrected chi connectivity index (χ4v) is 4.58. The molecule has 0 aliphatic carbocycles. The van der Waals surface area contributed by atoms with E-state index in [4.69, 9.17) is 11.6 Å². The van der Waals surface area contributed by atoms with E-state index < -0.39 is 17.3 Å². The summed E-state index contributed by atoms with van der Waals surface area (Å²) in [6.07, 6.45) is -2.50. The maximum atomic E-state index is 13.5. The Morgan fingerprint density at radius 2 is 1.39 bits per heavy atom. The number of anilines is 2. The molecule has 0 fully saturated rings. The van der Waals surface area contributed by atoms with Crippen LogP contribution in [0.3, 0.4) is 0 Å². The molecule has 6 heteroatoms. The van der Waals surface area contributed by atoms with E-state index >= 15 is 0 Å². The van der Waals surface area contributed by atoms with Crippen molar-refractivity contribution >= 4 is 38.9 Å². The third-order valence-corrected chi connectivity index (χ3v) is 6.38. The summed E-state index contributed by atoms with van der Waals surface area (Å²) in [6.45, 7) is 2.09. The minimum absolute atomic E-state index is 0.221. The summed E-state index contributed by atoms with van der Waals surface area (Å²) in [6, 6.07) is 24.0. The first-order chi connectivity index (χ1) is 14.8. The highest BCUT2D eigenvalue weighted by atomic mass is 79.9. The van der Waals surface area contributed by atoms with Gasteiger partial charge in [0.25, 0.3) is 0 Å². The number of rotatable bonds is 8. The lowest BCUT2D eigenvalue weighted by Gasteiger charge is -2.44. The lowest BCUT2D eigenvalue weighted by atomic mass is 9.85. The largest absolute Gasteiger partial charge is 0.417 e. The average molecular weight is 511 g/mol. The van der Waals surface area contributed by atoms with Crippen LogP contribution in [-0.2, 0) is 12.6 Å². The van der Waals surface area contributed by atoms with Crippen LogP contribution in [0.15, 0.2) is 78.9 Å². The first-order valence-electron chi connectivity index (χ1n) is 10.1. The van der Waals surface area contributed by atoms with E-state index in [1.165, 1.54) is 6.07 Å². The number of para-hydroxylation sites is 2. The molecule has 0 bridgehead atoms. The van der Waals surface area contributed by atoms with E-state index in [-0.39, 0.29) is 5.02 Å². The topological polar surface area (TPSA) is 3.24 Å². The van der Waals surface area contributed by atoms with E-state index in [1.807, 2.05) is 60.7 Å². The molecule has 0 saturated carbocycles. The van der Waals surface area contributed by atoms with E-state index in [0.29, 0.717) is 12.0 Å². The van der Waals surface area contributed by atoms with Gasteiger partial charge < -0.3 is 4.90 Å². The van der Waals surface area contributed by atoms with Gasteiger partial charge in [-0.3, -0.25) is 0 Å². The van der Waals surface area contributed by atoms with Crippen LogP contribution in [0.25, 0.3) is 0 Å². The Kier molecular flexibility index (Phi) is 7.71.